The van der Waals surface area contributed by atoms with Crippen molar-refractivity contribution >= 4 is 29.3 Å². The molecule has 1 saturated carbocycles. The van der Waals surface area contributed by atoms with Gasteiger partial charge in [-0.3, -0.25) is 0 Å². The molecule has 0 saturated heterocycles. The maximum absolute atomic E-state index is 12.7. The molecule has 2 aromatic carbocycles. The largest absolute Gasteiger partial charge is 0.573 e. The van der Waals surface area contributed by atoms with Gasteiger partial charge in [0.1, 0.15) is 16.5 Å². The van der Waals surface area contributed by atoms with Crippen molar-refractivity contribution < 1.29 is 32.2 Å². The minimum absolute atomic E-state index is 0.00277. The molecule has 38 heavy (non-hydrogen) atoms. The maximum Gasteiger partial charge on any atom is 0.573 e. The van der Waals surface area contributed by atoms with E-state index in [9.17, 15) is 18.0 Å². The Morgan fingerprint density at radius 1 is 1.11 bits per heavy atom. The number of alkyl halides is 3. The average Bonchev–Trinajstić information content (AvgIpc) is 3.27. The van der Waals surface area contributed by atoms with Gasteiger partial charge in [0.2, 0.25) is 5.69 Å². The molecule has 0 unspecified atom stereocenters. The zero-order chi connectivity index (χ0) is 27.3. The minimum atomic E-state index is -4.77. The highest BCUT2D eigenvalue weighted by molar-refractivity contribution is 7.99. The van der Waals surface area contributed by atoms with Crippen LogP contribution >= 0.6 is 23.4 Å². The molecule has 12 heteroatoms. The number of methoxy groups -OCH3 is 1. The molecule has 4 rings (SSSR count). The summed E-state index contributed by atoms with van der Waals surface area (Å²) < 4.78 is 54.2. The fourth-order valence-electron chi connectivity index (χ4n) is 4.44. The van der Waals surface area contributed by atoms with Crippen LogP contribution in [-0.4, -0.2) is 46.3 Å². The van der Waals surface area contributed by atoms with Crippen LogP contribution in [0.5, 0.6) is 11.5 Å². The van der Waals surface area contributed by atoms with E-state index >= 15 is 0 Å². The van der Waals surface area contributed by atoms with Crippen molar-refractivity contribution in [1.29, 1.82) is 0 Å². The number of ether oxygens (including phenoxy) is 3. The topological polar surface area (TPSA) is 75.5 Å². The Bertz CT molecular complexity index is 1250. The van der Waals surface area contributed by atoms with Crippen molar-refractivity contribution in [2.75, 3.05) is 13.7 Å². The second kappa shape index (κ2) is 12.3. The molecule has 0 bridgehead atoms. The van der Waals surface area contributed by atoms with Gasteiger partial charge in [-0.2, -0.15) is 0 Å². The first-order valence-electron chi connectivity index (χ1n) is 12.1. The van der Waals surface area contributed by atoms with Crippen LogP contribution in [0.1, 0.15) is 60.1 Å². The van der Waals surface area contributed by atoms with E-state index < -0.39 is 12.3 Å². The number of rotatable bonds is 9. The lowest BCUT2D eigenvalue weighted by atomic mass is 9.84. The van der Waals surface area contributed by atoms with Gasteiger partial charge in [0.25, 0.3) is 0 Å². The predicted molar refractivity (Wildman–Crippen MR) is 137 cm³/mol. The fourth-order valence-corrected chi connectivity index (χ4v) is 5.99. The Morgan fingerprint density at radius 2 is 1.79 bits per heavy atom. The molecule has 7 nitrogen and oxygen atoms in total. The number of benzene rings is 2. The predicted octanol–water partition coefficient (Wildman–Crippen LogP) is 6.88. The van der Waals surface area contributed by atoms with Crippen LogP contribution in [0.3, 0.4) is 0 Å². The zero-order valence-corrected chi connectivity index (χ0v) is 22.4. The molecule has 1 aliphatic rings. The Kier molecular flexibility index (Phi) is 9.09. The molecule has 0 spiro atoms. The number of aromatic nitrogens is 3. The number of hydrogen-bond donors (Lipinski definition) is 0. The summed E-state index contributed by atoms with van der Waals surface area (Å²) in [6.07, 6.45) is -1.78. The molecule has 1 aliphatic carbocycles. The van der Waals surface area contributed by atoms with Gasteiger partial charge in [-0.05, 0) is 80.0 Å². The Hall–Kier alpha value is -2.92. The highest BCUT2D eigenvalue weighted by Crippen LogP contribution is 2.43. The van der Waals surface area contributed by atoms with Crippen molar-refractivity contribution in [3.05, 3.63) is 64.3 Å². The maximum atomic E-state index is 12.7. The van der Waals surface area contributed by atoms with E-state index in [0.717, 1.165) is 37.0 Å². The lowest BCUT2D eigenvalue weighted by Crippen LogP contribution is -2.19. The summed E-state index contributed by atoms with van der Waals surface area (Å²) in [6.45, 7) is 2.36. The van der Waals surface area contributed by atoms with Gasteiger partial charge in [0.05, 0.1) is 20.3 Å². The fraction of sp³-hybridized carbons (Fsp3) is 0.423. The molecule has 0 radical (unpaired) electrons. The van der Waals surface area contributed by atoms with Gasteiger partial charge < -0.3 is 14.2 Å². The van der Waals surface area contributed by atoms with Gasteiger partial charge in [0, 0.05) is 10.3 Å². The van der Waals surface area contributed by atoms with Crippen LogP contribution in [0.25, 0.3) is 0 Å². The summed E-state index contributed by atoms with van der Waals surface area (Å²) in [5, 5.41) is 9.54. The van der Waals surface area contributed by atoms with Crippen molar-refractivity contribution in [2.24, 2.45) is 0 Å². The van der Waals surface area contributed by atoms with Crippen molar-refractivity contribution in [2.45, 2.75) is 61.7 Å². The minimum Gasteiger partial charge on any atom is -0.497 e. The zero-order valence-electron chi connectivity index (χ0n) is 20.8. The summed E-state index contributed by atoms with van der Waals surface area (Å²) >= 11 is 7.86. The lowest BCUT2D eigenvalue weighted by Gasteiger charge is -2.29. The first kappa shape index (κ1) is 28.1. The van der Waals surface area contributed by atoms with Crippen LogP contribution in [0.15, 0.2) is 47.5 Å². The standard InChI is InChI=1S/C26H27ClF3N3O4S/c1-3-36-25(34)23-24(33(32-31-23)15-16-4-8-18(35-2)9-5-16)38-20-11-6-17(7-12-20)21-14-19(10-13-22(21)27)37-26(28,29)30/h4-5,8-10,13-14,17,20H,3,6-7,11-12,15H2,1-2H3/t17-,20-. The van der Waals surface area contributed by atoms with Crippen LogP contribution in [0, 0.1) is 0 Å². The number of esters is 1. The summed E-state index contributed by atoms with van der Waals surface area (Å²) in [5.74, 6) is -0.0663. The average molecular weight is 570 g/mol. The van der Waals surface area contributed by atoms with E-state index in [1.54, 1.807) is 18.7 Å². The molecular weight excluding hydrogens is 543 g/mol. The number of nitrogens with zero attached hydrogens (tertiary/aromatic N) is 3. The monoisotopic (exact) mass is 569 g/mol. The van der Waals surface area contributed by atoms with E-state index in [1.807, 2.05) is 24.3 Å². The van der Waals surface area contributed by atoms with Gasteiger partial charge in [-0.25, -0.2) is 9.48 Å². The number of halogens is 4. The Balaban J connectivity index is 1.48. The lowest BCUT2D eigenvalue weighted by molar-refractivity contribution is -0.274. The number of carbonyl (C=O) groups excluding carboxylic acids is 1. The molecule has 1 heterocycles. The van der Waals surface area contributed by atoms with Gasteiger partial charge in [-0.1, -0.05) is 28.9 Å². The van der Waals surface area contributed by atoms with E-state index in [-0.39, 0.29) is 29.2 Å². The second-order valence-corrected chi connectivity index (χ2v) is 10.5. The van der Waals surface area contributed by atoms with Crippen LogP contribution < -0.4 is 9.47 Å². The molecule has 0 amide bonds. The van der Waals surface area contributed by atoms with Crippen molar-refractivity contribution in [1.82, 2.24) is 15.0 Å². The quantitative estimate of drug-likeness (QED) is 0.260. The van der Waals surface area contributed by atoms with E-state index in [1.165, 1.54) is 30.0 Å². The van der Waals surface area contributed by atoms with Gasteiger partial charge >= 0.3 is 12.3 Å². The molecule has 1 fully saturated rings. The molecule has 0 atom stereocenters. The van der Waals surface area contributed by atoms with Crippen LogP contribution in [-0.2, 0) is 11.3 Å². The van der Waals surface area contributed by atoms with Crippen LogP contribution in [0.2, 0.25) is 5.02 Å². The molecule has 3 aromatic rings. The van der Waals surface area contributed by atoms with Gasteiger partial charge in [0.15, 0.2) is 0 Å². The van der Waals surface area contributed by atoms with Crippen molar-refractivity contribution in [3.8, 4) is 11.5 Å². The normalized spacial score (nSPS) is 17.7. The third-order valence-electron chi connectivity index (χ3n) is 6.24. The molecule has 1 aromatic heterocycles. The Morgan fingerprint density at radius 3 is 2.42 bits per heavy atom. The second-order valence-electron chi connectivity index (χ2n) is 8.79. The first-order chi connectivity index (χ1) is 18.2. The molecule has 0 N–H and O–H groups in total. The molecule has 0 aliphatic heterocycles. The molecule has 204 valence electrons. The first-order valence-corrected chi connectivity index (χ1v) is 13.4. The number of carbonyl (C=O) groups is 1. The third kappa shape index (κ3) is 7.13. The summed E-state index contributed by atoms with van der Waals surface area (Å²) in [4.78, 5) is 12.6. The van der Waals surface area contributed by atoms with E-state index in [2.05, 4.69) is 15.0 Å². The van der Waals surface area contributed by atoms with Crippen LogP contribution in [0.4, 0.5) is 13.2 Å². The smallest absolute Gasteiger partial charge is 0.497 e. The summed E-state index contributed by atoms with van der Waals surface area (Å²) in [5.41, 5.74) is 1.79. The van der Waals surface area contributed by atoms with Gasteiger partial charge in [-0.15, -0.1) is 30.0 Å². The highest BCUT2D eigenvalue weighted by Gasteiger charge is 2.33. The van der Waals surface area contributed by atoms with E-state index in [4.69, 9.17) is 21.1 Å². The number of hydrogen-bond acceptors (Lipinski definition) is 7. The summed E-state index contributed by atoms with van der Waals surface area (Å²) in [6, 6.07) is 11.6. The number of thioether (sulfide) groups is 1. The highest BCUT2D eigenvalue weighted by atomic mass is 35.5. The third-order valence-corrected chi connectivity index (χ3v) is 8.02. The van der Waals surface area contributed by atoms with Crippen molar-refractivity contribution in [3.63, 3.8) is 0 Å². The Labute approximate surface area is 227 Å². The van der Waals surface area contributed by atoms with E-state index in [0.29, 0.717) is 22.2 Å². The summed E-state index contributed by atoms with van der Waals surface area (Å²) in [7, 11) is 1.60. The SMILES string of the molecule is CCOC(=O)c1nnn(Cc2ccc(OC)cc2)c1S[C@H]1CC[C@H](c2cc(OC(F)(F)F)ccc2Cl)CC1. The molecular formula is C26H27ClF3N3O4S.